The van der Waals surface area contributed by atoms with E-state index in [1.807, 2.05) is 0 Å². The van der Waals surface area contributed by atoms with E-state index < -0.39 is 0 Å². The summed E-state index contributed by atoms with van der Waals surface area (Å²) in [4.78, 5) is 13.6. The van der Waals surface area contributed by atoms with Crippen LogP contribution in [-0.2, 0) is 9.53 Å². The number of rotatable bonds is 1. The fraction of sp³-hybridized carbons (Fsp3) is 0.700. The third-order valence-corrected chi connectivity index (χ3v) is 2.82. The molecule has 2 aliphatic rings. The van der Waals surface area contributed by atoms with Gasteiger partial charge in [-0.3, -0.25) is 4.90 Å². The number of hydrogen-bond acceptors (Lipinski definition) is 3. The number of hydrogen-bond donors (Lipinski definition) is 0. The van der Waals surface area contributed by atoms with E-state index in [1.54, 1.807) is 0 Å². The second kappa shape index (κ2) is 3.50. The first kappa shape index (κ1) is 8.75. The Labute approximate surface area is 78.4 Å². The highest BCUT2D eigenvalue weighted by Gasteiger charge is 2.26. The average molecular weight is 181 g/mol. The second-order valence-corrected chi connectivity index (χ2v) is 3.82. The summed E-state index contributed by atoms with van der Waals surface area (Å²) in [5.41, 5.74) is 0.846. The molecular formula is C10H15NO2. The van der Waals surface area contributed by atoms with Gasteiger partial charge in [0, 0.05) is 18.7 Å². The molecule has 0 spiro atoms. The van der Waals surface area contributed by atoms with E-state index in [9.17, 15) is 4.79 Å². The number of nitrogens with zero attached hydrogens (tertiary/aromatic N) is 1. The van der Waals surface area contributed by atoms with Gasteiger partial charge in [-0.1, -0.05) is 6.08 Å². The summed E-state index contributed by atoms with van der Waals surface area (Å²) in [7, 11) is 1.45. The molecule has 0 amide bonds. The van der Waals surface area contributed by atoms with Gasteiger partial charge in [-0.25, -0.2) is 4.79 Å². The zero-order valence-electron chi connectivity index (χ0n) is 7.95. The first-order chi connectivity index (χ1) is 6.29. The molecule has 2 atom stereocenters. The van der Waals surface area contributed by atoms with Gasteiger partial charge < -0.3 is 4.74 Å². The maximum atomic E-state index is 11.3. The predicted molar refractivity (Wildman–Crippen MR) is 49.3 cm³/mol. The van der Waals surface area contributed by atoms with Crippen molar-refractivity contribution in [2.45, 2.75) is 12.8 Å². The first-order valence-electron chi connectivity index (χ1n) is 4.81. The van der Waals surface area contributed by atoms with Crippen LogP contribution in [0.2, 0.25) is 0 Å². The van der Waals surface area contributed by atoms with Crippen LogP contribution in [0.5, 0.6) is 0 Å². The lowest BCUT2D eigenvalue weighted by atomic mass is 9.91. The van der Waals surface area contributed by atoms with Crippen LogP contribution in [0.15, 0.2) is 11.6 Å². The van der Waals surface area contributed by atoms with Crippen molar-refractivity contribution >= 4 is 5.97 Å². The molecular weight excluding hydrogens is 166 g/mol. The van der Waals surface area contributed by atoms with Gasteiger partial charge in [-0.05, 0) is 25.3 Å². The smallest absolute Gasteiger partial charge is 0.334 e. The Morgan fingerprint density at radius 2 is 2.54 bits per heavy atom. The number of esters is 1. The molecule has 2 unspecified atom stereocenters. The maximum absolute atomic E-state index is 11.3. The van der Waals surface area contributed by atoms with Gasteiger partial charge in [-0.15, -0.1) is 0 Å². The average Bonchev–Trinajstić information content (AvgIpc) is 2.16. The number of carbonyl (C=O) groups is 1. The Morgan fingerprint density at radius 1 is 1.69 bits per heavy atom. The predicted octanol–water partition coefficient (Wildman–Crippen LogP) is 0.811. The van der Waals surface area contributed by atoms with E-state index in [4.69, 9.17) is 4.74 Å². The van der Waals surface area contributed by atoms with Crippen LogP contribution in [0.4, 0.5) is 0 Å². The lowest BCUT2D eigenvalue weighted by molar-refractivity contribution is -0.136. The van der Waals surface area contributed by atoms with Crippen molar-refractivity contribution in [2.24, 2.45) is 5.92 Å². The molecule has 13 heavy (non-hydrogen) atoms. The lowest BCUT2D eigenvalue weighted by Crippen LogP contribution is -2.41. The summed E-state index contributed by atoms with van der Waals surface area (Å²) in [6.45, 7) is 3.04. The Bertz CT molecular complexity index is 247. The van der Waals surface area contributed by atoms with Gasteiger partial charge in [0.05, 0.1) is 7.11 Å². The van der Waals surface area contributed by atoms with Crippen molar-refractivity contribution in [1.82, 2.24) is 4.90 Å². The van der Waals surface area contributed by atoms with Gasteiger partial charge >= 0.3 is 5.97 Å². The molecule has 0 aromatic rings. The van der Waals surface area contributed by atoms with E-state index in [2.05, 4.69) is 11.0 Å². The summed E-state index contributed by atoms with van der Waals surface area (Å²) < 4.78 is 4.72. The van der Waals surface area contributed by atoms with Crippen molar-refractivity contribution < 1.29 is 9.53 Å². The minimum atomic E-state index is -0.156. The van der Waals surface area contributed by atoms with Crippen LogP contribution in [-0.4, -0.2) is 37.6 Å². The largest absolute Gasteiger partial charge is 0.466 e. The van der Waals surface area contributed by atoms with E-state index >= 15 is 0 Å². The molecule has 2 heterocycles. The molecule has 3 heteroatoms. The van der Waals surface area contributed by atoms with E-state index in [0.717, 1.165) is 25.2 Å². The molecule has 0 aromatic heterocycles. The fourth-order valence-electron chi connectivity index (χ4n) is 2.21. The Hall–Kier alpha value is -0.830. The topological polar surface area (TPSA) is 29.5 Å². The molecule has 0 radical (unpaired) electrons. The number of fused-ring (bicyclic) bond motifs is 2. The fourth-order valence-corrected chi connectivity index (χ4v) is 2.21. The van der Waals surface area contributed by atoms with Crippen LogP contribution in [0.3, 0.4) is 0 Å². The SMILES string of the molecule is COC(=O)C1=CC2CCCN(C1)C2. The summed E-state index contributed by atoms with van der Waals surface area (Å²) in [5.74, 6) is 0.424. The quantitative estimate of drug-likeness (QED) is 0.561. The lowest BCUT2D eigenvalue weighted by Gasteiger charge is -2.35. The van der Waals surface area contributed by atoms with Gasteiger partial charge in [0.15, 0.2) is 0 Å². The second-order valence-electron chi connectivity index (χ2n) is 3.82. The molecule has 0 N–H and O–H groups in total. The van der Waals surface area contributed by atoms with Crippen molar-refractivity contribution in [1.29, 1.82) is 0 Å². The zero-order valence-corrected chi connectivity index (χ0v) is 7.95. The highest BCUT2D eigenvalue weighted by molar-refractivity contribution is 5.89. The van der Waals surface area contributed by atoms with Crippen molar-refractivity contribution in [3.8, 4) is 0 Å². The number of piperidine rings is 1. The maximum Gasteiger partial charge on any atom is 0.334 e. The molecule has 0 saturated carbocycles. The Morgan fingerprint density at radius 3 is 3.23 bits per heavy atom. The number of carbonyl (C=O) groups excluding carboxylic acids is 1. The highest BCUT2D eigenvalue weighted by Crippen LogP contribution is 2.24. The Kier molecular flexibility index (Phi) is 2.36. The molecule has 72 valence electrons. The summed E-state index contributed by atoms with van der Waals surface area (Å²) >= 11 is 0. The molecule has 2 aliphatic heterocycles. The number of ether oxygens (including phenoxy) is 1. The van der Waals surface area contributed by atoms with Gasteiger partial charge in [0.1, 0.15) is 0 Å². The van der Waals surface area contributed by atoms with Crippen LogP contribution in [0, 0.1) is 5.92 Å². The Balaban J connectivity index is 2.12. The summed E-state index contributed by atoms with van der Waals surface area (Å²) in [6.07, 6.45) is 4.58. The van der Waals surface area contributed by atoms with Crippen molar-refractivity contribution in [3.63, 3.8) is 0 Å². The monoisotopic (exact) mass is 181 g/mol. The van der Waals surface area contributed by atoms with E-state index in [0.29, 0.717) is 5.92 Å². The highest BCUT2D eigenvalue weighted by atomic mass is 16.5. The zero-order chi connectivity index (χ0) is 9.26. The van der Waals surface area contributed by atoms with Crippen molar-refractivity contribution in [3.05, 3.63) is 11.6 Å². The third kappa shape index (κ3) is 1.75. The minimum Gasteiger partial charge on any atom is -0.466 e. The molecule has 0 aromatic carbocycles. The molecule has 1 saturated heterocycles. The van der Waals surface area contributed by atoms with Crippen LogP contribution in [0.25, 0.3) is 0 Å². The molecule has 0 aliphatic carbocycles. The van der Waals surface area contributed by atoms with Gasteiger partial charge in [0.2, 0.25) is 0 Å². The first-order valence-corrected chi connectivity index (χ1v) is 4.81. The third-order valence-electron chi connectivity index (χ3n) is 2.82. The van der Waals surface area contributed by atoms with Gasteiger partial charge in [-0.2, -0.15) is 0 Å². The van der Waals surface area contributed by atoms with E-state index in [-0.39, 0.29) is 5.97 Å². The molecule has 1 fully saturated rings. The van der Waals surface area contributed by atoms with Crippen LogP contribution >= 0.6 is 0 Å². The molecule has 2 bridgehead atoms. The molecule has 3 nitrogen and oxygen atoms in total. The van der Waals surface area contributed by atoms with Gasteiger partial charge in [0.25, 0.3) is 0 Å². The minimum absolute atomic E-state index is 0.156. The summed E-state index contributed by atoms with van der Waals surface area (Å²) in [6, 6.07) is 0. The standard InChI is InChI=1S/C10H15NO2/c1-13-10(12)9-5-8-3-2-4-11(6-8)7-9/h5,8H,2-4,6-7H2,1H3. The van der Waals surface area contributed by atoms with Crippen molar-refractivity contribution in [2.75, 3.05) is 26.7 Å². The normalized spacial score (nSPS) is 32.2. The summed E-state index contributed by atoms with van der Waals surface area (Å²) in [5, 5.41) is 0. The van der Waals surface area contributed by atoms with Crippen LogP contribution in [0.1, 0.15) is 12.8 Å². The number of methoxy groups -OCH3 is 1. The van der Waals surface area contributed by atoms with E-state index in [1.165, 1.54) is 20.0 Å². The molecule has 2 rings (SSSR count). The van der Waals surface area contributed by atoms with Crippen LogP contribution < -0.4 is 0 Å².